The molecule has 0 radical (unpaired) electrons. The van der Waals surface area contributed by atoms with Crippen LogP contribution in [-0.2, 0) is 19.1 Å². The summed E-state index contributed by atoms with van der Waals surface area (Å²) in [5, 5.41) is 11.5. The van der Waals surface area contributed by atoms with Gasteiger partial charge in [0.15, 0.2) is 0 Å². The molecule has 0 aliphatic heterocycles. The van der Waals surface area contributed by atoms with E-state index in [-0.39, 0.29) is 13.2 Å². The second-order valence-corrected chi connectivity index (χ2v) is 5.29. The number of benzene rings is 1. The second-order valence-electron chi connectivity index (χ2n) is 5.29. The number of rotatable bonds is 7. The van der Waals surface area contributed by atoms with Crippen molar-refractivity contribution in [3.05, 3.63) is 39.9 Å². The van der Waals surface area contributed by atoms with E-state index in [9.17, 15) is 19.7 Å². The van der Waals surface area contributed by atoms with Gasteiger partial charge in [-0.3, -0.25) is 19.7 Å². The maximum Gasteiger partial charge on any atom is 0.331 e. The zero-order valence-corrected chi connectivity index (χ0v) is 13.7. The van der Waals surface area contributed by atoms with Crippen LogP contribution in [0.25, 0.3) is 0 Å². The molecule has 24 heavy (non-hydrogen) atoms. The van der Waals surface area contributed by atoms with Crippen molar-refractivity contribution < 1.29 is 28.7 Å². The van der Waals surface area contributed by atoms with E-state index in [2.05, 4.69) is 0 Å². The van der Waals surface area contributed by atoms with Gasteiger partial charge in [0.25, 0.3) is 0 Å². The summed E-state index contributed by atoms with van der Waals surface area (Å²) in [7, 11) is 1.49. The Hall–Kier alpha value is -2.64. The summed E-state index contributed by atoms with van der Waals surface area (Å²) >= 11 is 0. The van der Waals surface area contributed by atoms with Crippen molar-refractivity contribution in [2.45, 2.75) is 25.8 Å². The first-order chi connectivity index (χ1) is 11.4. The van der Waals surface area contributed by atoms with Crippen LogP contribution >= 0.6 is 0 Å². The average molecular weight is 337 g/mol. The molecule has 0 spiro atoms. The summed E-state index contributed by atoms with van der Waals surface area (Å²) in [4.78, 5) is 35.7. The van der Waals surface area contributed by atoms with Crippen LogP contribution in [0.5, 0.6) is 5.75 Å². The number of nitrogens with zero attached hydrogens (tertiary/aromatic N) is 1. The van der Waals surface area contributed by atoms with E-state index in [0.717, 1.165) is 0 Å². The molecule has 1 aliphatic carbocycles. The molecule has 2 rings (SSSR count). The molecule has 1 fully saturated rings. The molecule has 8 heteroatoms. The lowest BCUT2D eigenvalue weighted by atomic mass is 9.99. The number of carbonyl (C=O) groups is 2. The fraction of sp³-hybridized carbons (Fsp3) is 0.500. The average Bonchev–Trinajstić information content (AvgIpc) is 3.27. The molecule has 0 N–H and O–H groups in total. The highest BCUT2D eigenvalue weighted by Crippen LogP contribution is 2.62. The Morgan fingerprint density at radius 3 is 2.00 bits per heavy atom. The highest BCUT2D eigenvalue weighted by Gasteiger charge is 2.85. The fourth-order valence-corrected chi connectivity index (χ4v) is 2.99. The molecule has 0 saturated heterocycles. The standard InChI is InChI=1S/C16H19NO7/c1-4-23-14(18)16(15(19)24-5-2)12(13(16)17(20)21)10-6-8-11(22-3)9-7-10/h6-9,12-13H,4-5H2,1-3H3/t12-,13-/m0/s1. The SMILES string of the molecule is CCOC(=O)C1(C(=O)OCC)[C@@H]([N+](=O)[O-])[C@@H]1c1ccc(OC)cc1. The zero-order chi connectivity index (χ0) is 17.9. The van der Waals surface area contributed by atoms with Gasteiger partial charge in [0.1, 0.15) is 5.75 Å². The van der Waals surface area contributed by atoms with Gasteiger partial charge in [-0.15, -0.1) is 0 Å². The van der Waals surface area contributed by atoms with E-state index >= 15 is 0 Å². The maximum absolute atomic E-state index is 12.4. The Morgan fingerprint density at radius 1 is 1.12 bits per heavy atom. The highest BCUT2D eigenvalue weighted by atomic mass is 16.6. The van der Waals surface area contributed by atoms with Crippen LogP contribution in [0.15, 0.2) is 24.3 Å². The Balaban J connectivity index is 2.47. The first-order valence-corrected chi connectivity index (χ1v) is 7.56. The molecular formula is C16H19NO7. The van der Waals surface area contributed by atoms with Crippen molar-refractivity contribution >= 4 is 11.9 Å². The van der Waals surface area contributed by atoms with Crippen LogP contribution in [0.4, 0.5) is 0 Å². The van der Waals surface area contributed by atoms with Crippen LogP contribution in [0.2, 0.25) is 0 Å². The van der Waals surface area contributed by atoms with Crippen LogP contribution < -0.4 is 4.74 Å². The molecule has 1 aromatic carbocycles. The van der Waals surface area contributed by atoms with Crippen molar-refractivity contribution in [2.24, 2.45) is 5.41 Å². The zero-order valence-electron chi connectivity index (χ0n) is 13.7. The van der Waals surface area contributed by atoms with Gasteiger partial charge >= 0.3 is 11.9 Å². The van der Waals surface area contributed by atoms with Gasteiger partial charge in [-0.1, -0.05) is 12.1 Å². The van der Waals surface area contributed by atoms with E-state index in [1.165, 1.54) is 7.11 Å². The maximum atomic E-state index is 12.4. The summed E-state index contributed by atoms with van der Waals surface area (Å²) in [5.41, 5.74) is -1.46. The van der Waals surface area contributed by atoms with E-state index in [4.69, 9.17) is 14.2 Å². The number of hydrogen-bond donors (Lipinski definition) is 0. The largest absolute Gasteiger partial charge is 0.497 e. The first kappa shape index (κ1) is 17.7. The van der Waals surface area contributed by atoms with E-state index in [0.29, 0.717) is 11.3 Å². The number of nitro groups is 1. The molecule has 130 valence electrons. The summed E-state index contributed by atoms with van der Waals surface area (Å²) < 4.78 is 14.9. The summed E-state index contributed by atoms with van der Waals surface area (Å²) in [5.74, 6) is -2.22. The Bertz CT molecular complexity index is 622. The third kappa shape index (κ3) is 2.68. The van der Waals surface area contributed by atoms with Gasteiger partial charge in [0.2, 0.25) is 11.5 Å². The van der Waals surface area contributed by atoms with Crippen LogP contribution in [-0.4, -0.2) is 43.2 Å². The molecule has 1 aliphatic rings. The predicted octanol–water partition coefficient (Wildman–Crippen LogP) is 1.55. The van der Waals surface area contributed by atoms with Gasteiger partial charge in [-0.05, 0) is 31.5 Å². The van der Waals surface area contributed by atoms with Crippen molar-refractivity contribution in [3.63, 3.8) is 0 Å². The quantitative estimate of drug-likeness (QED) is 0.322. The second kappa shape index (κ2) is 6.86. The molecule has 0 heterocycles. The minimum absolute atomic E-state index is 0.0136. The Kier molecular flexibility index (Phi) is 5.06. The topological polar surface area (TPSA) is 105 Å². The van der Waals surface area contributed by atoms with Gasteiger partial charge < -0.3 is 14.2 Å². The number of methoxy groups -OCH3 is 1. The summed E-state index contributed by atoms with van der Waals surface area (Å²) in [6.07, 6.45) is 0. The lowest BCUT2D eigenvalue weighted by Gasteiger charge is -2.13. The lowest BCUT2D eigenvalue weighted by molar-refractivity contribution is -0.501. The molecular weight excluding hydrogens is 318 g/mol. The third-order valence-electron chi connectivity index (χ3n) is 4.09. The molecule has 8 nitrogen and oxygen atoms in total. The van der Waals surface area contributed by atoms with Gasteiger partial charge in [0.05, 0.1) is 26.2 Å². The number of hydrogen-bond acceptors (Lipinski definition) is 7. The smallest absolute Gasteiger partial charge is 0.331 e. The normalized spacial score (nSPS) is 20.8. The molecule has 0 unspecified atom stereocenters. The summed E-state index contributed by atoms with van der Waals surface area (Å²) in [6, 6.07) is 5.02. The third-order valence-corrected chi connectivity index (χ3v) is 4.09. The number of carbonyl (C=O) groups excluding carboxylic acids is 2. The minimum atomic E-state index is -1.94. The van der Waals surface area contributed by atoms with E-state index in [1.807, 2.05) is 0 Å². The highest BCUT2D eigenvalue weighted by molar-refractivity contribution is 6.06. The molecule has 2 atom stereocenters. The number of ether oxygens (including phenoxy) is 3. The van der Waals surface area contributed by atoms with Gasteiger partial charge in [-0.25, -0.2) is 0 Å². The Morgan fingerprint density at radius 2 is 1.62 bits per heavy atom. The van der Waals surface area contributed by atoms with Crippen LogP contribution in [0, 0.1) is 15.5 Å². The van der Waals surface area contributed by atoms with Crippen molar-refractivity contribution in [1.82, 2.24) is 0 Å². The van der Waals surface area contributed by atoms with Crippen molar-refractivity contribution in [3.8, 4) is 5.75 Å². The molecule has 0 amide bonds. The van der Waals surface area contributed by atoms with Gasteiger partial charge in [0, 0.05) is 4.92 Å². The summed E-state index contributed by atoms with van der Waals surface area (Å²) in [6.45, 7) is 3.17. The molecule has 1 saturated carbocycles. The Labute approximate surface area is 138 Å². The van der Waals surface area contributed by atoms with E-state index in [1.54, 1.807) is 38.1 Å². The predicted molar refractivity (Wildman–Crippen MR) is 82.2 cm³/mol. The molecule has 0 bridgehead atoms. The van der Waals surface area contributed by atoms with Crippen LogP contribution in [0.3, 0.4) is 0 Å². The molecule has 1 aromatic rings. The monoisotopic (exact) mass is 337 g/mol. The van der Waals surface area contributed by atoms with Crippen LogP contribution in [0.1, 0.15) is 25.3 Å². The molecule has 0 aromatic heterocycles. The van der Waals surface area contributed by atoms with Crippen molar-refractivity contribution in [1.29, 1.82) is 0 Å². The first-order valence-electron chi connectivity index (χ1n) is 7.56. The van der Waals surface area contributed by atoms with E-state index < -0.39 is 34.2 Å². The minimum Gasteiger partial charge on any atom is -0.497 e. The number of esters is 2. The fourth-order valence-electron chi connectivity index (χ4n) is 2.99. The van der Waals surface area contributed by atoms with Gasteiger partial charge in [-0.2, -0.15) is 0 Å². The lowest BCUT2D eigenvalue weighted by Crippen LogP contribution is -2.35. The van der Waals surface area contributed by atoms with Crippen molar-refractivity contribution in [2.75, 3.05) is 20.3 Å².